The van der Waals surface area contributed by atoms with Crippen molar-refractivity contribution in [2.45, 2.75) is 37.5 Å². The number of likely N-dealkylation sites (N-methyl/N-ethyl adjacent to an activating group) is 1. The third-order valence-corrected chi connectivity index (χ3v) is 2.46. The number of carboxylic acids is 1. The van der Waals surface area contributed by atoms with E-state index in [0.717, 1.165) is 0 Å². The first-order valence-electron chi connectivity index (χ1n) is 5.02. The van der Waals surface area contributed by atoms with Gasteiger partial charge >= 0.3 is 5.97 Å². The van der Waals surface area contributed by atoms with Gasteiger partial charge in [0, 0.05) is 18.2 Å². The number of aliphatic carboxylic acids is 1. The van der Waals surface area contributed by atoms with E-state index in [4.69, 9.17) is 5.11 Å². The molecule has 0 saturated carbocycles. The van der Waals surface area contributed by atoms with Crippen LogP contribution in [-0.4, -0.2) is 39.7 Å². The molecule has 0 bridgehead atoms. The Hall–Kier alpha value is -0.970. The standard InChI is InChI=1S/C11H19NO3S/c1-5-8(10(14)15)12(4)9(13)6-7-11(2,3)16/h5,8,16H,1,6-7H2,2-4H3,(H,14,15)/t8-/m0/s1. The summed E-state index contributed by atoms with van der Waals surface area (Å²) in [4.78, 5) is 23.7. The first-order chi connectivity index (χ1) is 7.19. The van der Waals surface area contributed by atoms with Crippen LogP contribution in [0.1, 0.15) is 26.7 Å². The molecule has 0 aliphatic carbocycles. The molecular formula is C11H19NO3S. The van der Waals surface area contributed by atoms with E-state index in [2.05, 4.69) is 19.2 Å². The van der Waals surface area contributed by atoms with Gasteiger partial charge in [-0.25, -0.2) is 4.79 Å². The van der Waals surface area contributed by atoms with Gasteiger partial charge in [-0.15, -0.1) is 6.58 Å². The van der Waals surface area contributed by atoms with Crippen molar-refractivity contribution < 1.29 is 14.7 Å². The van der Waals surface area contributed by atoms with Gasteiger partial charge in [0.25, 0.3) is 0 Å². The first-order valence-corrected chi connectivity index (χ1v) is 5.47. The summed E-state index contributed by atoms with van der Waals surface area (Å²) in [6, 6.07) is -0.962. The Morgan fingerprint density at radius 1 is 1.56 bits per heavy atom. The zero-order chi connectivity index (χ0) is 12.9. The maximum atomic E-state index is 11.7. The monoisotopic (exact) mass is 245 g/mol. The average Bonchev–Trinajstić information content (AvgIpc) is 2.13. The van der Waals surface area contributed by atoms with Crippen molar-refractivity contribution >= 4 is 24.5 Å². The van der Waals surface area contributed by atoms with Gasteiger partial charge < -0.3 is 10.0 Å². The van der Waals surface area contributed by atoms with Crippen LogP contribution in [0.3, 0.4) is 0 Å². The van der Waals surface area contributed by atoms with E-state index in [1.165, 1.54) is 18.0 Å². The van der Waals surface area contributed by atoms with Gasteiger partial charge in [-0.2, -0.15) is 12.6 Å². The van der Waals surface area contributed by atoms with Gasteiger partial charge in [0.15, 0.2) is 0 Å². The topological polar surface area (TPSA) is 57.6 Å². The molecule has 0 rings (SSSR count). The molecular weight excluding hydrogens is 226 g/mol. The molecule has 0 fully saturated rings. The van der Waals surface area contributed by atoms with Crippen LogP contribution in [0.15, 0.2) is 12.7 Å². The smallest absolute Gasteiger partial charge is 0.330 e. The lowest BCUT2D eigenvalue weighted by atomic mass is 10.1. The normalized spacial score (nSPS) is 13.0. The Morgan fingerprint density at radius 2 is 2.06 bits per heavy atom. The molecule has 1 atom stereocenters. The van der Waals surface area contributed by atoms with Crippen molar-refractivity contribution in [3.8, 4) is 0 Å². The molecule has 5 heteroatoms. The van der Waals surface area contributed by atoms with Crippen LogP contribution < -0.4 is 0 Å². The summed E-state index contributed by atoms with van der Waals surface area (Å²) in [5, 5.41) is 8.84. The first kappa shape index (κ1) is 15.0. The van der Waals surface area contributed by atoms with Crippen LogP contribution in [0.2, 0.25) is 0 Å². The molecule has 0 aromatic carbocycles. The lowest BCUT2D eigenvalue weighted by Gasteiger charge is -2.24. The number of hydrogen-bond acceptors (Lipinski definition) is 3. The molecule has 0 saturated heterocycles. The second-order valence-electron chi connectivity index (χ2n) is 4.34. The fourth-order valence-corrected chi connectivity index (χ4v) is 1.28. The SMILES string of the molecule is C=C[C@@H](C(=O)O)N(C)C(=O)CCC(C)(C)S. The van der Waals surface area contributed by atoms with Gasteiger partial charge in [-0.05, 0) is 6.42 Å². The van der Waals surface area contributed by atoms with Gasteiger partial charge in [0.2, 0.25) is 5.91 Å². The summed E-state index contributed by atoms with van der Waals surface area (Å²) in [6.07, 6.45) is 2.12. The molecule has 0 aromatic heterocycles. The second-order valence-corrected chi connectivity index (χ2v) is 5.55. The lowest BCUT2D eigenvalue weighted by molar-refractivity contribution is -0.146. The van der Waals surface area contributed by atoms with E-state index in [9.17, 15) is 9.59 Å². The molecule has 16 heavy (non-hydrogen) atoms. The molecule has 0 unspecified atom stereocenters. The predicted octanol–water partition coefficient (Wildman–Crippen LogP) is 1.57. The number of amides is 1. The van der Waals surface area contributed by atoms with E-state index in [1.807, 2.05) is 13.8 Å². The minimum absolute atomic E-state index is 0.213. The highest BCUT2D eigenvalue weighted by atomic mass is 32.1. The summed E-state index contributed by atoms with van der Waals surface area (Å²) in [5.74, 6) is -1.29. The summed E-state index contributed by atoms with van der Waals surface area (Å²) in [6.45, 7) is 7.22. The van der Waals surface area contributed by atoms with Gasteiger partial charge in [0.1, 0.15) is 6.04 Å². The maximum Gasteiger partial charge on any atom is 0.330 e. The summed E-state index contributed by atoms with van der Waals surface area (Å²) in [5.41, 5.74) is 0. The van der Waals surface area contributed by atoms with E-state index in [0.29, 0.717) is 6.42 Å². The number of carbonyl (C=O) groups excluding carboxylic acids is 1. The molecule has 0 aliphatic rings. The summed E-state index contributed by atoms with van der Waals surface area (Å²) < 4.78 is -0.233. The molecule has 0 heterocycles. The third kappa shape index (κ3) is 5.21. The number of thiol groups is 1. The van der Waals surface area contributed by atoms with Crippen LogP contribution in [0.25, 0.3) is 0 Å². The number of carbonyl (C=O) groups is 2. The molecule has 0 aliphatic heterocycles. The molecule has 4 nitrogen and oxygen atoms in total. The number of rotatable bonds is 6. The van der Waals surface area contributed by atoms with E-state index >= 15 is 0 Å². The van der Waals surface area contributed by atoms with Gasteiger partial charge in [-0.3, -0.25) is 4.79 Å². The minimum Gasteiger partial charge on any atom is -0.479 e. The van der Waals surface area contributed by atoms with Crippen molar-refractivity contribution in [2.75, 3.05) is 7.05 Å². The second kappa shape index (κ2) is 5.94. The highest BCUT2D eigenvalue weighted by Crippen LogP contribution is 2.19. The Labute approximate surface area is 102 Å². The van der Waals surface area contributed by atoms with Crippen molar-refractivity contribution in [1.82, 2.24) is 4.90 Å². The molecule has 1 N–H and O–H groups in total. The summed E-state index contributed by atoms with van der Waals surface area (Å²) >= 11 is 4.31. The van der Waals surface area contributed by atoms with E-state index in [-0.39, 0.29) is 17.1 Å². The van der Waals surface area contributed by atoms with Crippen LogP contribution >= 0.6 is 12.6 Å². The van der Waals surface area contributed by atoms with Crippen molar-refractivity contribution in [2.24, 2.45) is 0 Å². The van der Waals surface area contributed by atoms with E-state index < -0.39 is 12.0 Å². The minimum atomic E-state index is -1.07. The zero-order valence-corrected chi connectivity index (χ0v) is 10.8. The molecule has 1 amide bonds. The summed E-state index contributed by atoms with van der Waals surface area (Å²) in [7, 11) is 1.47. The highest BCUT2D eigenvalue weighted by molar-refractivity contribution is 7.81. The fraction of sp³-hybridized carbons (Fsp3) is 0.636. The third-order valence-electron chi connectivity index (χ3n) is 2.24. The van der Waals surface area contributed by atoms with Crippen molar-refractivity contribution in [3.05, 3.63) is 12.7 Å². The van der Waals surface area contributed by atoms with Crippen LogP contribution in [0.5, 0.6) is 0 Å². The molecule has 92 valence electrons. The maximum absolute atomic E-state index is 11.7. The van der Waals surface area contributed by atoms with Crippen LogP contribution in [-0.2, 0) is 9.59 Å². The molecule has 0 radical (unpaired) electrons. The lowest BCUT2D eigenvalue weighted by Crippen LogP contribution is -2.41. The zero-order valence-electron chi connectivity index (χ0n) is 9.93. The van der Waals surface area contributed by atoms with Crippen LogP contribution in [0, 0.1) is 0 Å². The number of hydrogen-bond donors (Lipinski definition) is 2. The molecule has 0 aromatic rings. The van der Waals surface area contributed by atoms with E-state index in [1.54, 1.807) is 0 Å². The van der Waals surface area contributed by atoms with Gasteiger partial charge in [-0.1, -0.05) is 19.9 Å². The average molecular weight is 245 g/mol. The Balaban J connectivity index is 4.38. The Bertz CT molecular complexity index is 283. The quantitative estimate of drug-likeness (QED) is 0.551. The van der Waals surface area contributed by atoms with Crippen molar-refractivity contribution in [1.29, 1.82) is 0 Å². The Kier molecular flexibility index (Phi) is 5.58. The highest BCUT2D eigenvalue weighted by Gasteiger charge is 2.24. The van der Waals surface area contributed by atoms with Crippen LogP contribution in [0.4, 0.5) is 0 Å². The predicted molar refractivity (Wildman–Crippen MR) is 66.7 cm³/mol. The number of nitrogens with zero attached hydrogens (tertiary/aromatic N) is 1. The largest absolute Gasteiger partial charge is 0.479 e. The number of carboxylic acid groups (broad SMARTS) is 1. The Morgan fingerprint density at radius 3 is 2.38 bits per heavy atom. The molecule has 0 spiro atoms. The fourth-order valence-electron chi connectivity index (χ4n) is 1.17. The van der Waals surface area contributed by atoms with Crippen molar-refractivity contribution in [3.63, 3.8) is 0 Å². The van der Waals surface area contributed by atoms with Gasteiger partial charge in [0.05, 0.1) is 0 Å².